The molecule has 0 atom stereocenters. The maximum atomic E-state index is 11.9. The van der Waals surface area contributed by atoms with E-state index >= 15 is 0 Å². The lowest BCUT2D eigenvalue weighted by Gasteiger charge is -2.15. The van der Waals surface area contributed by atoms with Gasteiger partial charge in [-0.3, -0.25) is 9.59 Å². The predicted molar refractivity (Wildman–Crippen MR) is 68.9 cm³/mol. The number of benzene rings is 1. The van der Waals surface area contributed by atoms with Crippen molar-refractivity contribution >= 4 is 17.9 Å². The second-order valence-corrected chi connectivity index (χ2v) is 3.95. The number of hydrogen-bond donors (Lipinski definition) is 0. The Morgan fingerprint density at radius 1 is 0.950 bits per heavy atom. The highest BCUT2D eigenvalue weighted by atomic mass is 16.6. The second kappa shape index (κ2) is 7.93. The van der Waals surface area contributed by atoms with Gasteiger partial charge in [0.1, 0.15) is 6.10 Å². The van der Waals surface area contributed by atoms with Gasteiger partial charge in [-0.25, -0.2) is 4.79 Å². The van der Waals surface area contributed by atoms with Crippen molar-refractivity contribution in [1.29, 1.82) is 0 Å². The van der Waals surface area contributed by atoms with Crippen LogP contribution < -0.4 is 0 Å². The first-order chi connectivity index (χ1) is 9.56. The van der Waals surface area contributed by atoms with Crippen LogP contribution >= 0.6 is 0 Å². The summed E-state index contributed by atoms with van der Waals surface area (Å²) in [5.41, 5.74) is 0.340. The fourth-order valence-corrected chi connectivity index (χ4v) is 1.49. The van der Waals surface area contributed by atoms with E-state index in [2.05, 4.69) is 9.47 Å². The molecule has 0 aromatic heterocycles. The number of rotatable bonds is 6. The topological polar surface area (TPSA) is 78.9 Å². The van der Waals surface area contributed by atoms with Crippen LogP contribution in [0.5, 0.6) is 0 Å². The minimum atomic E-state index is -0.914. The van der Waals surface area contributed by atoms with Gasteiger partial charge < -0.3 is 14.2 Å². The van der Waals surface area contributed by atoms with Crippen LogP contribution in [0, 0.1) is 0 Å². The molecule has 0 saturated carbocycles. The molecule has 1 aromatic carbocycles. The third-order valence-corrected chi connectivity index (χ3v) is 2.53. The quantitative estimate of drug-likeness (QED) is 0.578. The van der Waals surface area contributed by atoms with Crippen LogP contribution in [0.1, 0.15) is 23.2 Å². The van der Waals surface area contributed by atoms with E-state index in [0.717, 1.165) is 0 Å². The minimum Gasteiger partial charge on any atom is -0.469 e. The summed E-state index contributed by atoms with van der Waals surface area (Å²) in [5, 5.41) is 0. The Morgan fingerprint density at radius 2 is 1.45 bits per heavy atom. The molecule has 0 radical (unpaired) electrons. The Balaban J connectivity index is 2.70. The average molecular weight is 280 g/mol. The van der Waals surface area contributed by atoms with Crippen molar-refractivity contribution in [3.8, 4) is 0 Å². The van der Waals surface area contributed by atoms with E-state index in [-0.39, 0.29) is 12.8 Å². The van der Waals surface area contributed by atoms with Crippen molar-refractivity contribution in [2.45, 2.75) is 18.9 Å². The van der Waals surface area contributed by atoms with Crippen LogP contribution in [-0.2, 0) is 23.8 Å². The summed E-state index contributed by atoms with van der Waals surface area (Å²) in [4.78, 5) is 34.4. The molecule has 0 aliphatic heterocycles. The molecule has 0 fully saturated rings. The molecule has 0 amide bonds. The lowest BCUT2D eigenvalue weighted by atomic mass is 10.1. The zero-order valence-corrected chi connectivity index (χ0v) is 11.3. The smallest absolute Gasteiger partial charge is 0.338 e. The molecule has 0 N–H and O–H groups in total. The summed E-state index contributed by atoms with van der Waals surface area (Å²) in [5.74, 6) is -1.75. The minimum absolute atomic E-state index is 0.204. The van der Waals surface area contributed by atoms with Crippen molar-refractivity contribution in [2.24, 2.45) is 0 Å². The van der Waals surface area contributed by atoms with E-state index in [1.165, 1.54) is 14.2 Å². The van der Waals surface area contributed by atoms with Gasteiger partial charge in [0.15, 0.2) is 0 Å². The van der Waals surface area contributed by atoms with Crippen molar-refractivity contribution in [3.05, 3.63) is 35.9 Å². The molecule has 0 aliphatic carbocycles. The zero-order chi connectivity index (χ0) is 15.0. The number of carbonyl (C=O) groups is 3. The summed E-state index contributed by atoms with van der Waals surface area (Å²) in [7, 11) is 2.44. The molecule has 1 aromatic rings. The molecule has 0 aliphatic rings. The molecule has 6 nitrogen and oxygen atoms in total. The molecule has 20 heavy (non-hydrogen) atoms. The van der Waals surface area contributed by atoms with E-state index in [4.69, 9.17) is 4.74 Å². The van der Waals surface area contributed by atoms with Gasteiger partial charge >= 0.3 is 17.9 Å². The average Bonchev–Trinajstić information content (AvgIpc) is 2.47. The number of carbonyl (C=O) groups excluding carboxylic acids is 3. The first-order valence-electron chi connectivity index (χ1n) is 5.96. The van der Waals surface area contributed by atoms with E-state index in [0.29, 0.717) is 5.56 Å². The highest BCUT2D eigenvalue weighted by Crippen LogP contribution is 2.11. The Hall–Kier alpha value is -2.37. The number of esters is 3. The summed E-state index contributed by atoms with van der Waals surface area (Å²) in [6.07, 6.45) is -1.32. The molecule has 108 valence electrons. The van der Waals surface area contributed by atoms with Crippen molar-refractivity contribution < 1.29 is 28.6 Å². The van der Waals surface area contributed by atoms with Gasteiger partial charge in [0.2, 0.25) is 0 Å². The van der Waals surface area contributed by atoms with Crippen LogP contribution in [0.2, 0.25) is 0 Å². The van der Waals surface area contributed by atoms with Crippen LogP contribution in [0.4, 0.5) is 0 Å². The number of methoxy groups -OCH3 is 2. The van der Waals surface area contributed by atoms with Gasteiger partial charge in [-0.2, -0.15) is 0 Å². The number of ether oxygens (including phenoxy) is 3. The van der Waals surface area contributed by atoms with Gasteiger partial charge in [-0.05, 0) is 12.1 Å². The Kier molecular flexibility index (Phi) is 6.22. The van der Waals surface area contributed by atoms with Crippen molar-refractivity contribution in [3.63, 3.8) is 0 Å². The lowest BCUT2D eigenvalue weighted by molar-refractivity contribution is -0.146. The summed E-state index contributed by atoms with van der Waals surface area (Å²) < 4.78 is 14.1. The van der Waals surface area contributed by atoms with Gasteiger partial charge in [0.25, 0.3) is 0 Å². The summed E-state index contributed by atoms with van der Waals surface area (Å²) >= 11 is 0. The van der Waals surface area contributed by atoms with Crippen LogP contribution in [0.25, 0.3) is 0 Å². The molecule has 0 heterocycles. The van der Waals surface area contributed by atoms with Gasteiger partial charge in [0, 0.05) is 0 Å². The molecule has 0 saturated heterocycles. The molecular weight excluding hydrogens is 264 g/mol. The highest BCUT2D eigenvalue weighted by molar-refractivity contribution is 5.89. The third-order valence-electron chi connectivity index (χ3n) is 2.53. The Labute approximate surface area is 116 Å². The maximum absolute atomic E-state index is 11.9. The first-order valence-corrected chi connectivity index (χ1v) is 5.96. The van der Waals surface area contributed by atoms with Gasteiger partial charge in [-0.15, -0.1) is 0 Å². The van der Waals surface area contributed by atoms with E-state index in [1.54, 1.807) is 30.3 Å². The largest absolute Gasteiger partial charge is 0.469 e. The summed E-state index contributed by atoms with van der Waals surface area (Å²) in [6.45, 7) is 0. The van der Waals surface area contributed by atoms with Gasteiger partial charge in [0.05, 0.1) is 32.6 Å². The Morgan fingerprint density at radius 3 is 1.90 bits per heavy atom. The molecule has 0 bridgehead atoms. The number of hydrogen-bond acceptors (Lipinski definition) is 6. The van der Waals surface area contributed by atoms with Crippen LogP contribution in [-0.4, -0.2) is 38.2 Å². The van der Waals surface area contributed by atoms with Crippen LogP contribution in [0.15, 0.2) is 30.3 Å². The molecule has 6 heteroatoms. The molecule has 1 rings (SSSR count). The predicted octanol–water partition coefficient (Wildman–Crippen LogP) is 1.34. The first kappa shape index (κ1) is 15.7. The third kappa shape index (κ3) is 5.09. The van der Waals surface area contributed by atoms with Crippen molar-refractivity contribution in [2.75, 3.05) is 14.2 Å². The highest BCUT2D eigenvalue weighted by Gasteiger charge is 2.23. The fraction of sp³-hybridized carbons (Fsp3) is 0.357. The molecular formula is C14H16O6. The normalized spacial score (nSPS) is 9.95. The molecule has 0 spiro atoms. The SMILES string of the molecule is COC(=O)CC(CC(=O)OC)OC(=O)c1ccccc1. The van der Waals surface area contributed by atoms with Gasteiger partial charge in [-0.1, -0.05) is 18.2 Å². The standard InChI is InChI=1S/C14H16O6/c1-18-12(15)8-11(9-13(16)19-2)20-14(17)10-6-4-3-5-7-10/h3-7,11H,8-9H2,1-2H3. The second-order valence-electron chi connectivity index (χ2n) is 3.95. The van der Waals surface area contributed by atoms with Crippen molar-refractivity contribution in [1.82, 2.24) is 0 Å². The van der Waals surface area contributed by atoms with Crippen LogP contribution in [0.3, 0.4) is 0 Å². The molecule has 0 unspecified atom stereocenters. The van der Waals surface area contributed by atoms with E-state index in [9.17, 15) is 14.4 Å². The lowest BCUT2D eigenvalue weighted by Crippen LogP contribution is -2.25. The van der Waals surface area contributed by atoms with E-state index < -0.39 is 24.0 Å². The van der Waals surface area contributed by atoms with E-state index in [1.807, 2.05) is 0 Å². The monoisotopic (exact) mass is 280 g/mol. The summed E-state index contributed by atoms with van der Waals surface area (Å²) in [6, 6.07) is 8.29. The maximum Gasteiger partial charge on any atom is 0.338 e. The fourth-order valence-electron chi connectivity index (χ4n) is 1.49. The Bertz CT molecular complexity index is 450. The zero-order valence-electron chi connectivity index (χ0n) is 11.3.